The lowest BCUT2D eigenvalue weighted by Crippen LogP contribution is -2.27. The van der Waals surface area contributed by atoms with E-state index in [0.29, 0.717) is 11.0 Å². The molecule has 0 atom stereocenters. The zero-order chi connectivity index (χ0) is 21.0. The summed E-state index contributed by atoms with van der Waals surface area (Å²) in [7, 11) is 0. The van der Waals surface area contributed by atoms with Crippen LogP contribution in [0, 0.1) is 0 Å². The van der Waals surface area contributed by atoms with E-state index in [1.54, 1.807) is 30.3 Å². The second-order valence-electron chi connectivity index (χ2n) is 6.26. The molecule has 3 N–H and O–H groups in total. The maximum absolute atomic E-state index is 12.4. The molecule has 1 aromatic heterocycles. The van der Waals surface area contributed by atoms with Gasteiger partial charge in [-0.25, -0.2) is 5.43 Å². The molecule has 3 rings (SSSR count). The summed E-state index contributed by atoms with van der Waals surface area (Å²) in [6.07, 6.45) is 0. The predicted octanol–water partition coefficient (Wildman–Crippen LogP) is 3.28. The number of hydrogen-bond donors (Lipinski definition) is 2. The Bertz CT molecular complexity index is 1140. The van der Waals surface area contributed by atoms with Gasteiger partial charge in [0.1, 0.15) is 11.1 Å². The van der Waals surface area contributed by atoms with Crippen LogP contribution in [0.3, 0.4) is 0 Å². The molecule has 0 aliphatic carbocycles. The molecule has 0 fully saturated rings. The molecule has 0 saturated carbocycles. The Morgan fingerprint density at radius 2 is 1.83 bits per heavy atom. The van der Waals surface area contributed by atoms with Gasteiger partial charge in [0.2, 0.25) is 5.55 Å². The number of fused-ring (bicyclic) bond motifs is 1. The van der Waals surface area contributed by atoms with E-state index in [1.165, 1.54) is 0 Å². The van der Waals surface area contributed by atoms with Crippen molar-refractivity contribution in [3.63, 3.8) is 0 Å². The van der Waals surface area contributed by atoms with Gasteiger partial charge in [-0.05, 0) is 44.2 Å². The minimum absolute atomic E-state index is 0.0625. The molecular weight excluding hydrogens is 392 g/mol. The van der Waals surface area contributed by atoms with Crippen molar-refractivity contribution in [1.82, 2.24) is 5.43 Å². The molecule has 0 bridgehead atoms. The number of nitrogens with zero attached hydrogens (tertiary/aromatic N) is 2. The second-order valence-corrected chi connectivity index (χ2v) is 6.66. The molecule has 150 valence electrons. The molecule has 0 saturated heterocycles. The summed E-state index contributed by atoms with van der Waals surface area (Å²) in [5.41, 5.74) is 9.56. The van der Waals surface area contributed by atoms with Gasteiger partial charge in [-0.2, -0.15) is 0 Å². The van der Waals surface area contributed by atoms with Crippen molar-refractivity contribution in [2.24, 2.45) is 10.8 Å². The predicted molar refractivity (Wildman–Crippen MR) is 113 cm³/mol. The van der Waals surface area contributed by atoms with Gasteiger partial charge >= 0.3 is 0 Å². The fraction of sp³-hybridized carbons (Fsp3) is 0.190. The van der Waals surface area contributed by atoms with Gasteiger partial charge in [0.25, 0.3) is 11.8 Å². The summed E-state index contributed by atoms with van der Waals surface area (Å²) in [5, 5.41) is 4.96. The molecule has 8 heteroatoms. The van der Waals surface area contributed by atoms with E-state index < -0.39 is 11.8 Å². The topological polar surface area (TPSA) is 101 Å². The fourth-order valence-electron chi connectivity index (χ4n) is 2.96. The molecule has 0 aliphatic rings. The van der Waals surface area contributed by atoms with Crippen LogP contribution in [-0.4, -0.2) is 24.9 Å². The highest BCUT2D eigenvalue weighted by molar-refractivity contribution is 6.33. The third-order valence-corrected chi connectivity index (χ3v) is 4.84. The highest BCUT2D eigenvalue weighted by atomic mass is 35.5. The Morgan fingerprint density at radius 3 is 2.48 bits per heavy atom. The third-order valence-electron chi connectivity index (χ3n) is 4.51. The van der Waals surface area contributed by atoms with Gasteiger partial charge in [0.15, 0.2) is 0 Å². The fourth-order valence-corrected chi connectivity index (χ4v) is 3.18. The average Bonchev–Trinajstić information content (AvgIpc) is 2.72. The van der Waals surface area contributed by atoms with Gasteiger partial charge in [-0.1, -0.05) is 23.7 Å². The van der Waals surface area contributed by atoms with Crippen molar-refractivity contribution in [1.29, 1.82) is 0 Å². The third kappa shape index (κ3) is 4.41. The normalized spacial score (nSPS) is 11.5. The minimum Gasteiger partial charge on any atom is -0.436 e. The summed E-state index contributed by atoms with van der Waals surface area (Å²) < 4.78 is 5.81. The smallest absolute Gasteiger partial charge is 0.272 e. The number of anilines is 1. The Hall–Kier alpha value is -3.32. The molecule has 0 spiro atoms. The first-order valence-corrected chi connectivity index (χ1v) is 9.53. The molecule has 2 amide bonds. The van der Waals surface area contributed by atoms with E-state index >= 15 is 0 Å². The van der Waals surface area contributed by atoms with Crippen molar-refractivity contribution in [3.05, 3.63) is 70.2 Å². The zero-order valence-electron chi connectivity index (χ0n) is 16.1. The summed E-state index contributed by atoms with van der Waals surface area (Å²) >= 11 is 6.03. The summed E-state index contributed by atoms with van der Waals surface area (Å²) in [6, 6.07) is 13.8. The lowest BCUT2D eigenvalue weighted by molar-refractivity contribution is 0.0946. The van der Waals surface area contributed by atoms with Crippen molar-refractivity contribution in [3.8, 4) is 0 Å². The standard InChI is InChI=1S/C21H21ClN4O3/c1-3-26(4-2)14-10-9-13-11-16(19(23)27)21(29-18(13)12-14)25-24-20(28)15-7-5-6-8-17(15)22/h5-12H,3-4H2,1-2H3,(H2,23,27)(H,24,28)/b25-21+. The van der Waals surface area contributed by atoms with Crippen molar-refractivity contribution < 1.29 is 14.0 Å². The molecule has 7 nitrogen and oxygen atoms in total. The molecular formula is C21H21ClN4O3. The van der Waals surface area contributed by atoms with Crippen LogP contribution in [0.5, 0.6) is 0 Å². The Morgan fingerprint density at radius 1 is 1.10 bits per heavy atom. The van der Waals surface area contributed by atoms with E-state index in [0.717, 1.165) is 18.8 Å². The van der Waals surface area contributed by atoms with Gasteiger partial charge in [-0.3, -0.25) is 9.59 Å². The van der Waals surface area contributed by atoms with E-state index in [-0.39, 0.29) is 21.7 Å². The number of halogens is 1. The van der Waals surface area contributed by atoms with E-state index in [4.69, 9.17) is 21.8 Å². The number of nitrogens with two attached hydrogens (primary N) is 1. The van der Waals surface area contributed by atoms with E-state index in [1.807, 2.05) is 18.2 Å². The van der Waals surface area contributed by atoms with Crippen LogP contribution in [0.4, 0.5) is 5.69 Å². The van der Waals surface area contributed by atoms with Crippen LogP contribution in [0.2, 0.25) is 5.02 Å². The first kappa shape index (κ1) is 20.4. The molecule has 0 aliphatic heterocycles. The van der Waals surface area contributed by atoms with Crippen LogP contribution in [-0.2, 0) is 0 Å². The number of benzene rings is 2. The lowest BCUT2D eigenvalue weighted by Gasteiger charge is -2.21. The van der Waals surface area contributed by atoms with Crippen LogP contribution < -0.4 is 21.6 Å². The minimum atomic E-state index is -0.714. The number of carbonyl (C=O) groups is 2. The molecule has 29 heavy (non-hydrogen) atoms. The molecule has 3 aromatic rings. The SMILES string of the molecule is CCN(CC)c1ccc2cc(C(N)=O)/c(=N\NC(=O)c3ccccc3Cl)oc2c1. The first-order valence-electron chi connectivity index (χ1n) is 9.15. The van der Waals surface area contributed by atoms with E-state index in [2.05, 4.69) is 29.3 Å². The Balaban J connectivity index is 2.05. The Labute approximate surface area is 172 Å². The summed E-state index contributed by atoms with van der Waals surface area (Å²) in [5.74, 6) is -1.24. The van der Waals surface area contributed by atoms with Crippen molar-refractivity contribution >= 4 is 40.1 Å². The number of carbonyl (C=O) groups excluding carboxylic acids is 2. The van der Waals surface area contributed by atoms with Crippen LogP contribution >= 0.6 is 11.6 Å². The Kier molecular flexibility index (Phi) is 6.19. The number of nitrogens with one attached hydrogen (secondary N) is 1. The summed E-state index contributed by atoms with van der Waals surface area (Å²) in [4.78, 5) is 26.4. The number of hydrogen-bond acceptors (Lipinski definition) is 5. The lowest BCUT2D eigenvalue weighted by atomic mass is 10.1. The van der Waals surface area contributed by atoms with Crippen LogP contribution in [0.1, 0.15) is 34.6 Å². The first-order chi connectivity index (χ1) is 13.9. The van der Waals surface area contributed by atoms with Crippen molar-refractivity contribution in [2.75, 3.05) is 18.0 Å². The van der Waals surface area contributed by atoms with Gasteiger partial charge in [-0.15, -0.1) is 5.10 Å². The largest absolute Gasteiger partial charge is 0.436 e. The van der Waals surface area contributed by atoms with E-state index in [9.17, 15) is 9.59 Å². The monoisotopic (exact) mass is 412 g/mol. The number of rotatable bonds is 6. The summed E-state index contributed by atoms with van der Waals surface area (Å²) in [6.45, 7) is 5.80. The van der Waals surface area contributed by atoms with Gasteiger partial charge in [0.05, 0.1) is 10.6 Å². The molecule has 0 radical (unpaired) electrons. The van der Waals surface area contributed by atoms with Gasteiger partial charge < -0.3 is 15.1 Å². The zero-order valence-corrected chi connectivity index (χ0v) is 16.9. The number of primary amides is 1. The number of amides is 2. The second kappa shape index (κ2) is 8.79. The molecule has 0 unspecified atom stereocenters. The van der Waals surface area contributed by atoms with Gasteiger partial charge in [0, 0.05) is 30.2 Å². The quantitative estimate of drug-likeness (QED) is 0.606. The molecule has 1 heterocycles. The highest BCUT2D eigenvalue weighted by Crippen LogP contribution is 2.22. The van der Waals surface area contributed by atoms with Crippen LogP contribution in [0.25, 0.3) is 11.0 Å². The maximum Gasteiger partial charge on any atom is 0.272 e. The average molecular weight is 413 g/mol. The van der Waals surface area contributed by atoms with Crippen molar-refractivity contribution in [2.45, 2.75) is 13.8 Å². The van der Waals surface area contributed by atoms with Crippen LogP contribution in [0.15, 0.2) is 58.0 Å². The highest BCUT2D eigenvalue weighted by Gasteiger charge is 2.13. The maximum atomic E-state index is 12.4. The molecule has 2 aromatic carbocycles.